The van der Waals surface area contributed by atoms with E-state index in [1.54, 1.807) is 6.07 Å². The molecule has 4 heteroatoms. The van der Waals surface area contributed by atoms with Crippen LogP contribution in [0, 0.1) is 11.7 Å². The van der Waals surface area contributed by atoms with E-state index in [0.29, 0.717) is 17.1 Å². The number of halogens is 1. The van der Waals surface area contributed by atoms with Gasteiger partial charge in [0.15, 0.2) is 0 Å². The van der Waals surface area contributed by atoms with Crippen LogP contribution in [0.15, 0.2) is 12.1 Å². The van der Waals surface area contributed by atoms with E-state index in [0.717, 1.165) is 18.9 Å². The minimum atomic E-state index is -0.325. The highest BCUT2D eigenvalue weighted by molar-refractivity contribution is 5.62. The summed E-state index contributed by atoms with van der Waals surface area (Å²) in [6.45, 7) is 0.800. The van der Waals surface area contributed by atoms with Crippen LogP contribution >= 0.6 is 0 Å². The number of ether oxygens (including phenoxy) is 1. The SMILES string of the molecule is COc1cc(NCCC2CC2)c(F)cc1N. The van der Waals surface area contributed by atoms with Crippen LogP contribution in [0.2, 0.25) is 0 Å². The van der Waals surface area contributed by atoms with Crippen LogP contribution in [-0.4, -0.2) is 13.7 Å². The number of benzene rings is 1. The predicted molar refractivity (Wildman–Crippen MR) is 63.2 cm³/mol. The van der Waals surface area contributed by atoms with E-state index in [9.17, 15) is 4.39 Å². The summed E-state index contributed by atoms with van der Waals surface area (Å²) in [7, 11) is 1.53. The molecule has 0 spiro atoms. The van der Waals surface area contributed by atoms with Gasteiger partial charge in [-0.3, -0.25) is 0 Å². The lowest BCUT2D eigenvalue weighted by Gasteiger charge is -2.11. The molecular weight excluding hydrogens is 207 g/mol. The number of anilines is 2. The summed E-state index contributed by atoms with van der Waals surface area (Å²) in [6, 6.07) is 2.90. The number of nitrogens with one attached hydrogen (secondary N) is 1. The Morgan fingerprint density at radius 3 is 2.88 bits per heavy atom. The second-order valence-corrected chi connectivity index (χ2v) is 4.23. The molecular formula is C12H17FN2O. The highest BCUT2D eigenvalue weighted by Gasteiger charge is 2.20. The van der Waals surface area contributed by atoms with Gasteiger partial charge in [0, 0.05) is 18.7 Å². The van der Waals surface area contributed by atoms with Crippen molar-refractivity contribution in [3.63, 3.8) is 0 Å². The molecule has 88 valence electrons. The van der Waals surface area contributed by atoms with Gasteiger partial charge in [-0.25, -0.2) is 4.39 Å². The first kappa shape index (κ1) is 11.0. The molecule has 1 saturated carbocycles. The maximum atomic E-state index is 13.5. The van der Waals surface area contributed by atoms with Gasteiger partial charge in [0.2, 0.25) is 0 Å². The Hall–Kier alpha value is -1.45. The zero-order valence-electron chi connectivity index (χ0n) is 9.42. The molecule has 1 fully saturated rings. The summed E-state index contributed by atoms with van der Waals surface area (Å²) in [6.07, 6.45) is 3.73. The number of hydrogen-bond donors (Lipinski definition) is 2. The van der Waals surface area contributed by atoms with Gasteiger partial charge in [-0.2, -0.15) is 0 Å². The molecule has 0 aromatic heterocycles. The van der Waals surface area contributed by atoms with E-state index >= 15 is 0 Å². The molecule has 16 heavy (non-hydrogen) atoms. The molecule has 3 N–H and O–H groups in total. The van der Waals surface area contributed by atoms with Crippen LogP contribution in [-0.2, 0) is 0 Å². The first-order valence-electron chi connectivity index (χ1n) is 5.57. The first-order valence-corrected chi connectivity index (χ1v) is 5.57. The molecule has 1 aliphatic carbocycles. The lowest BCUT2D eigenvalue weighted by atomic mass is 10.2. The van der Waals surface area contributed by atoms with Crippen LogP contribution in [0.25, 0.3) is 0 Å². The normalized spacial score (nSPS) is 14.9. The summed E-state index contributed by atoms with van der Waals surface area (Å²) in [5.74, 6) is 1.02. The number of methoxy groups -OCH3 is 1. The second-order valence-electron chi connectivity index (χ2n) is 4.23. The third kappa shape index (κ3) is 2.56. The van der Waals surface area contributed by atoms with Gasteiger partial charge >= 0.3 is 0 Å². The van der Waals surface area contributed by atoms with E-state index in [2.05, 4.69) is 5.32 Å². The van der Waals surface area contributed by atoms with Crippen LogP contribution in [0.5, 0.6) is 5.75 Å². The number of rotatable bonds is 5. The van der Waals surface area contributed by atoms with Crippen molar-refractivity contribution in [3.05, 3.63) is 17.9 Å². The Labute approximate surface area is 94.8 Å². The maximum absolute atomic E-state index is 13.5. The monoisotopic (exact) mass is 224 g/mol. The van der Waals surface area contributed by atoms with Gasteiger partial charge in [0.25, 0.3) is 0 Å². The Morgan fingerprint density at radius 2 is 2.25 bits per heavy atom. The third-order valence-corrected chi connectivity index (χ3v) is 2.88. The van der Waals surface area contributed by atoms with Crippen molar-refractivity contribution in [2.24, 2.45) is 5.92 Å². The van der Waals surface area contributed by atoms with Crippen LogP contribution in [0.1, 0.15) is 19.3 Å². The quantitative estimate of drug-likeness (QED) is 0.756. The van der Waals surface area contributed by atoms with Gasteiger partial charge in [-0.05, 0) is 12.3 Å². The second kappa shape index (κ2) is 4.60. The fourth-order valence-electron chi connectivity index (χ4n) is 1.70. The van der Waals surface area contributed by atoms with Crippen LogP contribution in [0.4, 0.5) is 15.8 Å². The van der Waals surface area contributed by atoms with Crippen molar-refractivity contribution in [1.29, 1.82) is 0 Å². The fraction of sp³-hybridized carbons (Fsp3) is 0.500. The molecule has 0 saturated heterocycles. The molecule has 3 nitrogen and oxygen atoms in total. The summed E-state index contributed by atoms with van der Waals surface area (Å²) in [5, 5.41) is 3.08. The molecule has 0 heterocycles. The van der Waals surface area contributed by atoms with Gasteiger partial charge in [0.05, 0.1) is 18.5 Å². The zero-order chi connectivity index (χ0) is 11.5. The molecule has 2 rings (SSSR count). The summed E-state index contributed by atoms with van der Waals surface area (Å²) < 4.78 is 18.6. The summed E-state index contributed by atoms with van der Waals surface area (Å²) in [5.41, 5.74) is 6.39. The predicted octanol–water partition coefficient (Wildman–Crippen LogP) is 2.63. The standard InChI is InChI=1S/C12H17FN2O/c1-16-12-7-11(9(13)6-10(12)14)15-5-4-8-2-3-8/h6-8,15H,2-5,14H2,1H3. The molecule has 1 aromatic carbocycles. The largest absolute Gasteiger partial charge is 0.495 e. The smallest absolute Gasteiger partial charge is 0.148 e. The van der Waals surface area contributed by atoms with Crippen molar-refractivity contribution >= 4 is 11.4 Å². The van der Waals surface area contributed by atoms with Gasteiger partial charge < -0.3 is 15.8 Å². The number of nitrogens with two attached hydrogens (primary N) is 1. The van der Waals surface area contributed by atoms with Crippen molar-refractivity contribution in [2.75, 3.05) is 24.7 Å². The average Bonchev–Trinajstić information content (AvgIpc) is 3.05. The topological polar surface area (TPSA) is 47.3 Å². The van der Waals surface area contributed by atoms with E-state index in [1.807, 2.05) is 0 Å². The lowest BCUT2D eigenvalue weighted by Crippen LogP contribution is -2.05. The van der Waals surface area contributed by atoms with E-state index in [-0.39, 0.29) is 5.82 Å². The third-order valence-electron chi connectivity index (χ3n) is 2.88. The molecule has 0 atom stereocenters. The summed E-state index contributed by atoms with van der Waals surface area (Å²) in [4.78, 5) is 0. The van der Waals surface area contributed by atoms with E-state index in [1.165, 1.54) is 26.0 Å². The van der Waals surface area contributed by atoms with Gasteiger partial charge in [-0.15, -0.1) is 0 Å². The highest BCUT2D eigenvalue weighted by Crippen LogP contribution is 2.33. The summed E-state index contributed by atoms with van der Waals surface area (Å²) >= 11 is 0. The Kier molecular flexibility index (Phi) is 3.17. The molecule has 1 aromatic rings. The molecule has 0 bridgehead atoms. The van der Waals surface area contributed by atoms with Gasteiger partial charge in [0.1, 0.15) is 11.6 Å². The number of hydrogen-bond acceptors (Lipinski definition) is 3. The minimum absolute atomic E-state index is 0.325. The lowest BCUT2D eigenvalue weighted by molar-refractivity contribution is 0.416. The first-order chi connectivity index (χ1) is 7.70. The minimum Gasteiger partial charge on any atom is -0.495 e. The fourth-order valence-corrected chi connectivity index (χ4v) is 1.70. The molecule has 1 aliphatic rings. The van der Waals surface area contributed by atoms with Crippen molar-refractivity contribution in [3.8, 4) is 5.75 Å². The Bertz CT molecular complexity index is 378. The Balaban J connectivity index is 2.00. The van der Waals surface area contributed by atoms with E-state index < -0.39 is 0 Å². The highest BCUT2D eigenvalue weighted by atomic mass is 19.1. The zero-order valence-corrected chi connectivity index (χ0v) is 9.42. The average molecular weight is 224 g/mol. The van der Waals surface area contributed by atoms with E-state index in [4.69, 9.17) is 10.5 Å². The van der Waals surface area contributed by atoms with Crippen molar-refractivity contribution in [1.82, 2.24) is 0 Å². The molecule has 0 unspecified atom stereocenters. The maximum Gasteiger partial charge on any atom is 0.148 e. The Morgan fingerprint density at radius 1 is 1.50 bits per heavy atom. The molecule has 0 radical (unpaired) electrons. The van der Waals surface area contributed by atoms with Crippen molar-refractivity contribution in [2.45, 2.75) is 19.3 Å². The van der Waals surface area contributed by atoms with Crippen LogP contribution < -0.4 is 15.8 Å². The number of nitrogen functional groups attached to an aromatic ring is 1. The van der Waals surface area contributed by atoms with Crippen molar-refractivity contribution < 1.29 is 9.13 Å². The van der Waals surface area contributed by atoms with Gasteiger partial charge in [-0.1, -0.05) is 12.8 Å². The molecule has 0 aliphatic heterocycles. The molecule has 0 amide bonds. The van der Waals surface area contributed by atoms with Crippen LogP contribution in [0.3, 0.4) is 0 Å².